The normalized spacial score (nSPS) is 19.8. The van der Waals surface area contributed by atoms with E-state index in [2.05, 4.69) is 5.32 Å². The maximum Gasteiger partial charge on any atom is 0.410 e. The van der Waals surface area contributed by atoms with Gasteiger partial charge in [0.2, 0.25) is 0 Å². The van der Waals surface area contributed by atoms with Crippen molar-refractivity contribution in [2.24, 2.45) is 5.92 Å². The van der Waals surface area contributed by atoms with E-state index in [4.69, 9.17) is 9.47 Å². The van der Waals surface area contributed by atoms with Gasteiger partial charge in [-0.2, -0.15) is 0 Å². The third-order valence-corrected chi connectivity index (χ3v) is 5.25. The lowest BCUT2D eigenvalue weighted by Gasteiger charge is -2.34. The van der Waals surface area contributed by atoms with E-state index in [-0.39, 0.29) is 29.8 Å². The second-order valence-corrected chi connectivity index (χ2v) is 6.96. The van der Waals surface area contributed by atoms with Crippen LogP contribution in [0.15, 0.2) is 12.1 Å². The molecule has 2 fully saturated rings. The number of amides is 1. The monoisotopic (exact) mass is 404 g/mol. The van der Waals surface area contributed by atoms with E-state index in [0.717, 1.165) is 25.3 Å². The molecule has 5 nitrogen and oxygen atoms in total. The first-order chi connectivity index (χ1) is 12.6. The van der Waals surface area contributed by atoms with Gasteiger partial charge in [0.1, 0.15) is 12.4 Å². The van der Waals surface area contributed by atoms with Crippen LogP contribution in [0.3, 0.4) is 0 Å². The van der Waals surface area contributed by atoms with Crippen LogP contribution in [0.25, 0.3) is 0 Å². The highest BCUT2D eigenvalue weighted by atomic mass is 35.5. The van der Waals surface area contributed by atoms with E-state index in [1.807, 2.05) is 6.92 Å². The van der Waals surface area contributed by atoms with Crippen molar-refractivity contribution >= 4 is 18.5 Å². The Bertz CT molecular complexity index is 644. The molecule has 27 heavy (non-hydrogen) atoms. The number of halogens is 3. The van der Waals surface area contributed by atoms with Crippen molar-refractivity contribution in [1.82, 2.24) is 10.2 Å². The van der Waals surface area contributed by atoms with E-state index < -0.39 is 24.3 Å². The van der Waals surface area contributed by atoms with Gasteiger partial charge in [0.25, 0.3) is 0 Å². The van der Waals surface area contributed by atoms with Crippen LogP contribution in [0, 0.1) is 17.6 Å². The Kier molecular flexibility index (Phi) is 8.10. The van der Waals surface area contributed by atoms with E-state index in [9.17, 15) is 13.6 Å². The summed E-state index contributed by atoms with van der Waals surface area (Å²) in [6.45, 7) is 3.86. The Balaban J connectivity index is 0.00000261. The van der Waals surface area contributed by atoms with Gasteiger partial charge in [0, 0.05) is 25.7 Å². The summed E-state index contributed by atoms with van der Waals surface area (Å²) in [4.78, 5) is 13.9. The van der Waals surface area contributed by atoms with E-state index in [1.54, 1.807) is 4.90 Å². The Morgan fingerprint density at radius 1 is 1.33 bits per heavy atom. The zero-order valence-electron chi connectivity index (χ0n) is 15.5. The molecule has 0 spiro atoms. The molecule has 1 saturated carbocycles. The molecule has 1 aromatic carbocycles. The third-order valence-electron chi connectivity index (χ3n) is 5.25. The minimum atomic E-state index is -0.788. The minimum absolute atomic E-state index is 0. The molecule has 0 bridgehead atoms. The summed E-state index contributed by atoms with van der Waals surface area (Å²) in [6, 6.07) is 2.48. The summed E-state index contributed by atoms with van der Waals surface area (Å²) in [5, 5.41) is 3.22. The molecule has 1 aliphatic heterocycles. The Morgan fingerprint density at radius 2 is 2.11 bits per heavy atom. The molecule has 1 aromatic rings. The topological polar surface area (TPSA) is 50.8 Å². The molecule has 1 N–H and O–H groups in total. The van der Waals surface area contributed by atoms with Crippen LogP contribution < -0.4 is 10.1 Å². The van der Waals surface area contributed by atoms with Crippen molar-refractivity contribution in [3.63, 3.8) is 0 Å². The predicted octanol–water partition coefficient (Wildman–Crippen LogP) is 3.89. The van der Waals surface area contributed by atoms with E-state index >= 15 is 0 Å². The number of benzene rings is 1. The molecular weight excluding hydrogens is 378 g/mol. The quantitative estimate of drug-likeness (QED) is 0.781. The van der Waals surface area contributed by atoms with Crippen molar-refractivity contribution in [3.8, 4) is 5.75 Å². The van der Waals surface area contributed by atoms with Crippen LogP contribution in [0.2, 0.25) is 0 Å². The zero-order valence-corrected chi connectivity index (χ0v) is 16.3. The molecule has 1 saturated heterocycles. The molecule has 0 aromatic heterocycles. The summed E-state index contributed by atoms with van der Waals surface area (Å²) in [7, 11) is 0. The summed E-state index contributed by atoms with van der Waals surface area (Å²) in [5.74, 6) is -1.07. The highest BCUT2D eigenvalue weighted by Gasteiger charge is 2.27. The van der Waals surface area contributed by atoms with Crippen LogP contribution in [0.4, 0.5) is 13.6 Å². The second kappa shape index (κ2) is 10.1. The van der Waals surface area contributed by atoms with Crippen LogP contribution in [0.5, 0.6) is 5.75 Å². The van der Waals surface area contributed by atoms with Gasteiger partial charge in [-0.25, -0.2) is 13.6 Å². The molecule has 1 heterocycles. The van der Waals surface area contributed by atoms with Gasteiger partial charge in [-0.15, -0.1) is 12.4 Å². The van der Waals surface area contributed by atoms with E-state index in [0.29, 0.717) is 32.2 Å². The van der Waals surface area contributed by atoms with Crippen LogP contribution in [-0.4, -0.2) is 43.3 Å². The fourth-order valence-corrected chi connectivity index (χ4v) is 3.27. The molecular formula is C19H27ClF2N2O3. The predicted molar refractivity (Wildman–Crippen MR) is 100 cm³/mol. The van der Waals surface area contributed by atoms with Gasteiger partial charge < -0.3 is 19.7 Å². The highest BCUT2D eigenvalue weighted by molar-refractivity contribution is 5.85. The van der Waals surface area contributed by atoms with Crippen molar-refractivity contribution in [2.45, 2.75) is 45.3 Å². The number of hydrogen-bond acceptors (Lipinski definition) is 4. The molecule has 152 valence electrons. The zero-order chi connectivity index (χ0) is 18.5. The number of carbonyl (C=O) groups excluding carboxylic acids is 1. The number of ether oxygens (including phenoxy) is 2. The summed E-state index contributed by atoms with van der Waals surface area (Å²) < 4.78 is 39.3. The fraction of sp³-hybridized carbons (Fsp3) is 0.632. The standard InChI is InChI=1S/C19H26F2N2O3.ClH/c1-2-14-10-22-8-9-23(14)19(24)26-12-15-16(20)6-7-17(18(15)21)25-11-13-4-3-5-13;/h6-7,13-14,22H,2-5,8-12H2,1H3;1H. The molecule has 1 amide bonds. The largest absolute Gasteiger partial charge is 0.490 e. The first kappa shape index (κ1) is 21.7. The van der Waals surface area contributed by atoms with Crippen molar-refractivity contribution in [1.29, 1.82) is 0 Å². The molecule has 1 aliphatic carbocycles. The minimum Gasteiger partial charge on any atom is -0.490 e. The lowest BCUT2D eigenvalue weighted by Crippen LogP contribution is -2.53. The van der Waals surface area contributed by atoms with Gasteiger partial charge in [0.05, 0.1) is 12.2 Å². The molecule has 1 unspecified atom stereocenters. The molecule has 1 atom stereocenters. The molecule has 8 heteroatoms. The number of nitrogens with one attached hydrogen (secondary N) is 1. The van der Waals surface area contributed by atoms with Gasteiger partial charge in [-0.05, 0) is 37.3 Å². The first-order valence-corrected chi connectivity index (χ1v) is 9.34. The lowest BCUT2D eigenvalue weighted by molar-refractivity contribution is 0.0696. The SMILES string of the molecule is CCC1CNCCN1C(=O)OCc1c(F)ccc(OCC2CCC2)c1F.Cl. The third kappa shape index (κ3) is 5.23. The summed E-state index contributed by atoms with van der Waals surface area (Å²) >= 11 is 0. The molecule has 2 aliphatic rings. The lowest BCUT2D eigenvalue weighted by atomic mass is 9.86. The maximum absolute atomic E-state index is 14.6. The maximum atomic E-state index is 14.6. The number of nitrogens with zero attached hydrogens (tertiary/aromatic N) is 1. The van der Waals surface area contributed by atoms with E-state index in [1.165, 1.54) is 12.5 Å². The van der Waals surface area contributed by atoms with Crippen LogP contribution in [-0.2, 0) is 11.3 Å². The molecule has 3 rings (SSSR count). The fourth-order valence-electron chi connectivity index (χ4n) is 3.27. The average Bonchev–Trinajstić information content (AvgIpc) is 2.61. The summed E-state index contributed by atoms with van der Waals surface area (Å²) in [6.07, 6.45) is 3.58. The Morgan fingerprint density at radius 3 is 2.78 bits per heavy atom. The van der Waals surface area contributed by atoms with Gasteiger partial charge >= 0.3 is 6.09 Å². The van der Waals surface area contributed by atoms with Gasteiger partial charge in [0.15, 0.2) is 11.6 Å². The number of rotatable bonds is 6. The summed E-state index contributed by atoms with van der Waals surface area (Å²) in [5.41, 5.74) is -0.271. The number of piperazine rings is 1. The van der Waals surface area contributed by atoms with Crippen LogP contribution in [0.1, 0.15) is 38.2 Å². The Labute approximate surface area is 164 Å². The van der Waals surface area contributed by atoms with Crippen molar-refractivity contribution in [2.75, 3.05) is 26.2 Å². The number of hydrogen-bond donors (Lipinski definition) is 1. The van der Waals surface area contributed by atoms with Gasteiger partial charge in [-0.1, -0.05) is 13.3 Å². The van der Waals surface area contributed by atoms with Crippen LogP contribution >= 0.6 is 12.4 Å². The second-order valence-electron chi connectivity index (χ2n) is 6.96. The first-order valence-electron chi connectivity index (χ1n) is 9.34. The Hall–Kier alpha value is -1.60. The van der Waals surface area contributed by atoms with Gasteiger partial charge in [-0.3, -0.25) is 0 Å². The average molecular weight is 405 g/mol. The van der Waals surface area contributed by atoms with Crippen molar-refractivity contribution < 1.29 is 23.0 Å². The smallest absolute Gasteiger partial charge is 0.410 e. The molecule has 0 radical (unpaired) electrons. The number of carbonyl (C=O) groups is 1. The highest BCUT2D eigenvalue weighted by Crippen LogP contribution is 2.29. The van der Waals surface area contributed by atoms with Crippen molar-refractivity contribution in [3.05, 3.63) is 29.3 Å².